The van der Waals surface area contributed by atoms with Crippen LogP contribution in [0.2, 0.25) is 0 Å². The van der Waals surface area contributed by atoms with Gasteiger partial charge in [0.15, 0.2) is 0 Å². The van der Waals surface area contributed by atoms with Crippen molar-refractivity contribution in [2.45, 2.75) is 6.42 Å². The van der Waals surface area contributed by atoms with E-state index in [4.69, 9.17) is 0 Å². The molecule has 3 heteroatoms. The molecule has 0 saturated carbocycles. The van der Waals surface area contributed by atoms with Gasteiger partial charge in [0.1, 0.15) is 0 Å². The van der Waals surface area contributed by atoms with Gasteiger partial charge < -0.3 is 5.32 Å². The Morgan fingerprint density at radius 1 is 1.25 bits per heavy atom. The predicted octanol–water partition coefficient (Wildman–Crippen LogP) is 0.0718. The SMILES string of the molecule is PN1CCCNCC1. The fraction of sp³-hybridized carbons (Fsp3) is 1.00. The molecule has 1 aliphatic heterocycles. The molecule has 1 aliphatic rings. The average molecular weight is 132 g/mol. The van der Waals surface area contributed by atoms with Crippen LogP contribution < -0.4 is 5.32 Å². The van der Waals surface area contributed by atoms with E-state index in [-0.39, 0.29) is 0 Å². The molecular formula is C5H13N2P. The van der Waals surface area contributed by atoms with Gasteiger partial charge in [-0.05, 0) is 13.0 Å². The van der Waals surface area contributed by atoms with Crippen LogP contribution in [0.1, 0.15) is 6.42 Å². The normalized spacial score (nSPS) is 25.1. The van der Waals surface area contributed by atoms with Crippen LogP contribution >= 0.6 is 9.39 Å². The third kappa shape index (κ3) is 2.08. The molecule has 1 saturated heterocycles. The summed E-state index contributed by atoms with van der Waals surface area (Å²) in [5.74, 6) is 0. The molecular weight excluding hydrogens is 119 g/mol. The number of nitrogens with zero attached hydrogens (tertiary/aromatic N) is 1. The maximum Gasteiger partial charge on any atom is 0.0142 e. The summed E-state index contributed by atoms with van der Waals surface area (Å²) < 4.78 is 2.28. The third-order valence-corrected chi connectivity index (χ3v) is 1.89. The summed E-state index contributed by atoms with van der Waals surface area (Å²) in [6.07, 6.45) is 1.28. The second kappa shape index (κ2) is 3.39. The van der Waals surface area contributed by atoms with E-state index >= 15 is 0 Å². The highest BCUT2D eigenvalue weighted by Crippen LogP contribution is 1.99. The van der Waals surface area contributed by atoms with Crippen LogP contribution in [-0.2, 0) is 0 Å². The Morgan fingerprint density at radius 2 is 2.12 bits per heavy atom. The smallest absolute Gasteiger partial charge is 0.0142 e. The van der Waals surface area contributed by atoms with Crippen molar-refractivity contribution in [3.63, 3.8) is 0 Å². The Balaban J connectivity index is 2.17. The zero-order valence-corrected chi connectivity index (χ0v) is 6.21. The van der Waals surface area contributed by atoms with Crippen molar-refractivity contribution in [1.82, 2.24) is 9.99 Å². The fourth-order valence-electron chi connectivity index (χ4n) is 0.867. The highest BCUT2D eigenvalue weighted by molar-refractivity contribution is 7.13. The monoisotopic (exact) mass is 132 g/mol. The standard InChI is InChI=1S/C5H13N2P/c8-7-4-1-2-6-3-5-7/h6H,1-5,8H2. The predicted molar refractivity (Wildman–Crippen MR) is 38.8 cm³/mol. The Hall–Kier alpha value is 0.350. The lowest BCUT2D eigenvalue weighted by Gasteiger charge is -2.09. The molecule has 1 heterocycles. The topological polar surface area (TPSA) is 15.3 Å². The molecule has 0 spiro atoms. The van der Waals surface area contributed by atoms with Crippen molar-refractivity contribution in [2.24, 2.45) is 0 Å². The lowest BCUT2D eigenvalue weighted by Crippen LogP contribution is -2.19. The van der Waals surface area contributed by atoms with Gasteiger partial charge in [-0.25, -0.2) is 0 Å². The molecule has 1 atom stereocenters. The van der Waals surface area contributed by atoms with Crippen molar-refractivity contribution in [3.8, 4) is 0 Å². The van der Waals surface area contributed by atoms with Crippen molar-refractivity contribution in [3.05, 3.63) is 0 Å². The van der Waals surface area contributed by atoms with Crippen molar-refractivity contribution < 1.29 is 0 Å². The molecule has 0 aromatic heterocycles. The molecule has 0 aliphatic carbocycles. The highest BCUT2D eigenvalue weighted by atomic mass is 31.0. The molecule has 0 aromatic carbocycles. The number of nitrogens with one attached hydrogen (secondary N) is 1. The lowest BCUT2D eigenvalue weighted by molar-refractivity contribution is 0.501. The van der Waals surface area contributed by atoms with E-state index in [1.165, 1.54) is 26.1 Å². The summed E-state index contributed by atoms with van der Waals surface area (Å²) in [6, 6.07) is 0. The first-order valence-electron chi connectivity index (χ1n) is 3.10. The summed E-state index contributed by atoms with van der Waals surface area (Å²) in [7, 11) is 2.73. The maximum absolute atomic E-state index is 3.32. The van der Waals surface area contributed by atoms with Gasteiger partial charge >= 0.3 is 0 Å². The molecule has 0 amide bonds. The van der Waals surface area contributed by atoms with E-state index in [0.29, 0.717) is 0 Å². The minimum atomic E-state index is 1.14. The molecule has 48 valence electrons. The van der Waals surface area contributed by atoms with Gasteiger partial charge in [0.25, 0.3) is 0 Å². The second-order valence-electron chi connectivity index (χ2n) is 2.14. The molecule has 1 fully saturated rings. The maximum atomic E-state index is 3.32. The Bertz CT molecular complexity index is 59.4. The van der Waals surface area contributed by atoms with Crippen LogP contribution in [0.25, 0.3) is 0 Å². The van der Waals surface area contributed by atoms with E-state index < -0.39 is 0 Å². The largest absolute Gasteiger partial charge is 0.315 e. The minimum absolute atomic E-state index is 1.14. The summed E-state index contributed by atoms with van der Waals surface area (Å²) in [4.78, 5) is 0. The van der Waals surface area contributed by atoms with Crippen molar-refractivity contribution in [2.75, 3.05) is 26.2 Å². The van der Waals surface area contributed by atoms with Crippen LogP contribution in [0.5, 0.6) is 0 Å². The van der Waals surface area contributed by atoms with Crippen LogP contribution in [0.3, 0.4) is 0 Å². The highest BCUT2D eigenvalue weighted by Gasteiger charge is 2.00. The summed E-state index contributed by atoms with van der Waals surface area (Å²) >= 11 is 0. The van der Waals surface area contributed by atoms with Crippen LogP contribution in [0.15, 0.2) is 0 Å². The molecule has 1 N–H and O–H groups in total. The molecule has 2 nitrogen and oxygen atoms in total. The number of hydrogen-bond acceptors (Lipinski definition) is 2. The van der Waals surface area contributed by atoms with Crippen LogP contribution in [0.4, 0.5) is 0 Å². The first kappa shape index (κ1) is 6.47. The van der Waals surface area contributed by atoms with Gasteiger partial charge in [0, 0.05) is 19.6 Å². The van der Waals surface area contributed by atoms with Gasteiger partial charge in [0.2, 0.25) is 0 Å². The van der Waals surface area contributed by atoms with Gasteiger partial charge in [-0.15, -0.1) is 0 Å². The van der Waals surface area contributed by atoms with Crippen molar-refractivity contribution >= 4 is 9.39 Å². The molecule has 8 heavy (non-hydrogen) atoms. The van der Waals surface area contributed by atoms with Crippen molar-refractivity contribution in [1.29, 1.82) is 0 Å². The average Bonchev–Trinajstić information content (AvgIpc) is 1.94. The van der Waals surface area contributed by atoms with Gasteiger partial charge in [0.05, 0.1) is 0 Å². The summed E-state index contributed by atoms with van der Waals surface area (Å²) in [5, 5.41) is 3.32. The number of hydrogen-bond donors (Lipinski definition) is 1. The molecule has 0 radical (unpaired) electrons. The summed E-state index contributed by atoms with van der Waals surface area (Å²) in [6.45, 7) is 4.72. The fourth-order valence-corrected chi connectivity index (χ4v) is 1.18. The molecule has 1 rings (SSSR count). The van der Waals surface area contributed by atoms with E-state index in [2.05, 4.69) is 19.4 Å². The Morgan fingerprint density at radius 3 is 3.00 bits per heavy atom. The first-order valence-corrected chi connectivity index (χ1v) is 3.61. The third-order valence-electron chi connectivity index (χ3n) is 1.37. The quantitative estimate of drug-likeness (QED) is 0.469. The van der Waals surface area contributed by atoms with Gasteiger partial charge in [-0.2, -0.15) is 0 Å². The zero-order chi connectivity index (χ0) is 5.82. The molecule has 0 aromatic rings. The lowest BCUT2D eigenvalue weighted by atomic mass is 10.4. The Labute approximate surface area is 52.9 Å². The second-order valence-corrected chi connectivity index (χ2v) is 2.87. The van der Waals surface area contributed by atoms with Gasteiger partial charge in [-0.1, -0.05) is 9.39 Å². The van der Waals surface area contributed by atoms with Crippen LogP contribution in [-0.4, -0.2) is 30.8 Å². The zero-order valence-electron chi connectivity index (χ0n) is 5.06. The van der Waals surface area contributed by atoms with E-state index in [1.54, 1.807) is 0 Å². The van der Waals surface area contributed by atoms with E-state index in [1.807, 2.05) is 0 Å². The minimum Gasteiger partial charge on any atom is -0.315 e. The summed E-state index contributed by atoms with van der Waals surface area (Å²) in [5.41, 5.74) is 0. The van der Waals surface area contributed by atoms with Crippen LogP contribution in [0, 0.1) is 0 Å². The first-order chi connectivity index (χ1) is 3.89. The Kier molecular flexibility index (Phi) is 2.74. The van der Waals surface area contributed by atoms with Gasteiger partial charge in [-0.3, -0.25) is 4.67 Å². The molecule has 0 bridgehead atoms. The van der Waals surface area contributed by atoms with E-state index in [9.17, 15) is 0 Å². The van der Waals surface area contributed by atoms with E-state index in [0.717, 1.165) is 6.54 Å². The number of rotatable bonds is 0. The molecule has 1 unspecified atom stereocenters.